The summed E-state index contributed by atoms with van der Waals surface area (Å²) in [7, 11) is -3.70. The zero-order valence-corrected chi connectivity index (χ0v) is 12.4. The van der Waals surface area contributed by atoms with Gasteiger partial charge in [0.2, 0.25) is 10.0 Å². The van der Waals surface area contributed by atoms with Crippen LogP contribution in [0.15, 0.2) is 4.90 Å². The van der Waals surface area contributed by atoms with E-state index in [0.717, 1.165) is 18.5 Å². The van der Waals surface area contributed by atoms with E-state index >= 15 is 0 Å². The molecule has 0 spiro atoms. The zero-order valence-electron chi connectivity index (χ0n) is 11.6. The second-order valence-electron chi connectivity index (χ2n) is 4.56. The molecule has 1 atom stereocenters. The second kappa shape index (κ2) is 5.84. The van der Waals surface area contributed by atoms with Gasteiger partial charge in [-0.05, 0) is 26.2 Å². The number of nitrogens with two attached hydrogens (primary N) is 1. The summed E-state index contributed by atoms with van der Waals surface area (Å²) in [5.41, 5.74) is 1.31. The van der Waals surface area contributed by atoms with Gasteiger partial charge >= 0.3 is 0 Å². The highest BCUT2D eigenvalue weighted by Gasteiger charge is 2.25. The predicted molar refractivity (Wildman–Crippen MR) is 72.0 cm³/mol. The number of hydrogen-bond donors (Lipinski definition) is 1. The minimum Gasteiger partial charge on any atom is -0.265 e. The van der Waals surface area contributed by atoms with Gasteiger partial charge in [-0.3, -0.25) is 4.68 Å². The van der Waals surface area contributed by atoms with Gasteiger partial charge in [-0.15, -0.1) is 0 Å². The molecule has 0 aromatic carbocycles. The van der Waals surface area contributed by atoms with Gasteiger partial charge in [0, 0.05) is 6.04 Å². The van der Waals surface area contributed by atoms with Crippen molar-refractivity contribution in [3.8, 4) is 0 Å². The molecule has 0 radical (unpaired) electrons. The monoisotopic (exact) mass is 273 g/mol. The van der Waals surface area contributed by atoms with Crippen molar-refractivity contribution in [2.24, 2.45) is 5.14 Å². The minimum atomic E-state index is -3.70. The van der Waals surface area contributed by atoms with E-state index in [-0.39, 0.29) is 10.9 Å². The molecule has 0 fully saturated rings. The summed E-state index contributed by atoms with van der Waals surface area (Å²) in [6.45, 7) is 7.99. The van der Waals surface area contributed by atoms with Crippen molar-refractivity contribution in [2.75, 3.05) is 0 Å². The minimum absolute atomic E-state index is 0.200. The van der Waals surface area contributed by atoms with Crippen molar-refractivity contribution >= 4 is 10.0 Å². The predicted octanol–water partition coefficient (Wildman–Crippen LogP) is 2.02. The lowest BCUT2D eigenvalue weighted by Crippen LogP contribution is -2.17. The molecular weight excluding hydrogens is 250 g/mol. The molecule has 0 saturated carbocycles. The smallest absolute Gasteiger partial charge is 0.241 e. The number of primary sulfonamides is 1. The third-order valence-corrected chi connectivity index (χ3v) is 4.15. The fraction of sp³-hybridized carbons (Fsp3) is 0.750. The van der Waals surface area contributed by atoms with Crippen LogP contribution in [0.5, 0.6) is 0 Å². The molecule has 1 unspecified atom stereocenters. The number of aryl methyl sites for hydroxylation is 1. The van der Waals surface area contributed by atoms with E-state index in [4.69, 9.17) is 5.14 Å². The largest absolute Gasteiger partial charge is 0.265 e. The lowest BCUT2D eigenvalue weighted by molar-refractivity contribution is 0.437. The van der Waals surface area contributed by atoms with Crippen molar-refractivity contribution < 1.29 is 8.42 Å². The van der Waals surface area contributed by atoms with Crippen LogP contribution in [0.4, 0.5) is 0 Å². The standard InChI is InChI=1S/C12H23N3O2S/c1-5-8-9(4)15-11(7-3)12(18(13,16)17)10(6-2)14-15/h9H,5-8H2,1-4H3,(H2,13,16,17). The van der Waals surface area contributed by atoms with Gasteiger partial charge < -0.3 is 0 Å². The summed E-state index contributed by atoms with van der Waals surface area (Å²) < 4.78 is 25.3. The molecular formula is C12H23N3O2S. The average Bonchev–Trinajstić information content (AvgIpc) is 2.67. The summed E-state index contributed by atoms with van der Waals surface area (Å²) in [6.07, 6.45) is 3.20. The van der Waals surface area contributed by atoms with Gasteiger partial charge in [0.25, 0.3) is 0 Å². The fourth-order valence-electron chi connectivity index (χ4n) is 2.29. The molecule has 1 aromatic rings. The molecule has 0 aliphatic rings. The van der Waals surface area contributed by atoms with E-state index in [1.165, 1.54) is 0 Å². The van der Waals surface area contributed by atoms with Crippen LogP contribution in [-0.4, -0.2) is 18.2 Å². The number of aromatic nitrogens is 2. The molecule has 1 rings (SSSR count). The quantitative estimate of drug-likeness (QED) is 0.861. The zero-order chi connectivity index (χ0) is 13.9. The summed E-state index contributed by atoms with van der Waals surface area (Å²) in [4.78, 5) is 0.232. The summed E-state index contributed by atoms with van der Waals surface area (Å²) in [6, 6.07) is 0.200. The Morgan fingerprint density at radius 2 is 1.89 bits per heavy atom. The van der Waals surface area contributed by atoms with E-state index in [9.17, 15) is 8.42 Å². The summed E-state index contributed by atoms with van der Waals surface area (Å²) >= 11 is 0. The van der Waals surface area contributed by atoms with Crippen LogP contribution in [0.1, 0.15) is 58.0 Å². The Labute approximate surface area is 109 Å². The Kier molecular flexibility index (Phi) is 4.92. The van der Waals surface area contributed by atoms with Crippen LogP contribution in [0.3, 0.4) is 0 Å². The van der Waals surface area contributed by atoms with E-state index in [2.05, 4.69) is 18.9 Å². The fourth-order valence-corrected chi connectivity index (χ4v) is 3.37. The van der Waals surface area contributed by atoms with Crippen LogP contribution in [0, 0.1) is 0 Å². The molecule has 0 aliphatic carbocycles. The van der Waals surface area contributed by atoms with Crippen LogP contribution in [-0.2, 0) is 22.9 Å². The number of rotatable bonds is 6. The summed E-state index contributed by atoms with van der Waals surface area (Å²) in [5.74, 6) is 0. The second-order valence-corrected chi connectivity index (χ2v) is 6.06. The maximum atomic E-state index is 11.7. The van der Waals surface area contributed by atoms with Crippen LogP contribution >= 0.6 is 0 Å². The number of nitrogens with zero attached hydrogens (tertiary/aromatic N) is 2. The molecule has 0 amide bonds. The van der Waals surface area contributed by atoms with Crippen molar-refractivity contribution in [3.05, 3.63) is 11.4 Å². The van der Waals surface area contributed by atoms with Crippen molar-refractivity contribution in [1.29, 1.82) is 0 Å². The van der Waals surface area contributed by atoms with Crippen molar-refractivity contribution in [3.63, 3.8) is 0 Å². The van der Waals surface area contributed by atoms with Gasteiger partial charge in [0.15, 0.2) is 0 Å². The van der Waals surface area contributed by atoms with Gasteiger partial charge in [-0.25, -0.2) is 13.6 Å². The molecule has 0 bridgehead atoms. The van der Waals surface area contributed by atoms with Crippen molar-refractivity contribution in [2.45, 2.75) is 64.3 Å². The Hall–Kier alpha value is -0.880. The normalized spacial score (nSPS) is 13.8. The highest BCUT2D eigenvalue weighted by molar-refractivity contribution is 7.89. The molecule has 18 heavy (non-hydrogen) atoms. The molecule has 2 N–H and O–H groups in total. The Bertz CT molecular complexity index is 506. The molecule has 1 aromatic heterocycles. The summed E-state index contributed by atoms with van der Waals surface area (Å²) in [5, 5.41) is 9.76. The van der Waals surface area contributed by atoms with Crippen LogP contribution in [0.25, 0.3) is 0 Å². The van der Waals surface area contributed by atoms with E-state index in [1.54, 1.807) is 0 Å². The van der Waals surface area contributed by atoms with Crippen molar-refractivity contribution in [1.82, 2.24) is 9.78 Å². The Morgan fingerprint density at radius 1 is 1.28 bits per heavy atom. The molecule has 0 aliphatic heterocycles. The maximum Gasteiger partial charge on any atom is 0.241 e. The third-order valence-electron chi connectivity index (χ3n) is 3.11. The number of hydrogen-bond acceptors (Lipinski definition) is 3. The number of sulfonamides is 1. The molecule has 0 saturated heterocycles. The lowest BCUT2D eigenvalue weighted by Gasteiger charge is -2.14. The highest BCUT2D eigenvalue weighted by atomic mass is 32.2. The maximum absolute atomic E-state index is 11.7. The molecule has 104 valence electrons. The Balaban J connectivity index is 3.43. The first-order valence-corrected chi connectivity index (χ1v) is 8.04. The van der Waals surface area contributed by atoms with E-state index < -0.39 is 10.0 Å². The average molecular weight is 273 g/mol. The van der Waals surface area contributed by atoms with Gasteiger partial charge in [-0.2, -0.15) is 5.10 Å². The van der Waals surface area contributed by atoms with Gasteiger partial charge in [-0.1, -0.05) is 27.2 Å². The van der Waals surface area contributed by atoms with E-state index in [1.807, 2.05) is 18.5 Å². The topological polar surface area (TPSA) is 78.0 Å². The highest BCUT2D eigenvalue weighted by Crippen LogP contribution is 2.25. The van der Waals surface area contributed by atoms with E-state index in [0.29, 0.717) is 18.5 Å². The first kappa shape index (κ1) is 15.2. The first-order valence-electron chi connectivity index (χ1n) is 6.49. The third kappa shape index (κ3) is 2.92. The van der Waals surface area contributed by atoms with Crippen LogP contribution < -0.4 is 5.14 Å². The molecule has 5 nitrogen and oxygen atoms in total. The molecule has 6 heteroatoms. The first-order chi connectivity index (χ1) is 8.36. The van der Waals surface area contributed by atoms with Gasteiger partial charge in [0.05, 0.1) is 11.4 Å². The SMILES string of the molecule is CCCC(C)n1nc(CC)c(S(N)(=O)=O)c1CC. The van der Waals surface area contributed by atoms with Gasteiger partial charge in [0.1, 0.15) is 4.90 Å². The Morgan fingerprint density at radius 3 is 2.28 bits per heavy atom. The van der Waals surface area contributed by atoms with Crippen LogP contribution in [0.2, 0.25) is 0 Å². The lowest BCUT2D eigenvalue weighted by atomic mass is 10.2. The molecule has 1 heterocycles.